The van der Waals surface area contributed by atoms with Crippen molar-refractivity contribution in [3.63, 3.8) is 0 Å². The van der Waals surface area contributed by atoms with Gasteiger partial charge in [-0.3, -0.25) is 4.79 Å². The fourth-order valence-electron chi connectivity index (χ4n) is 3.45. The number of carbonyl (C=O) groups excluding carboxylic acids is 1. The Labute approximate surface area is 167 Å². The molecule has 0 saturated carbocycles. The van der Waals surface area contributed by atoms with Gasteiger partial charge in [-0.15, -0.1) is 0 Å². The van der Waals surface area contributed by atoms with Crippen molar-refractivity contribution in [1.82, 2.24) is 14.3 Å². The number of benzene rings is 2. The average Bonchev–Trinajstić information content (AvgIpc) is 3.17. The fourth-order valence-corrected chi connectivity index (χ4v) is 4.17. The zero-order valence-corrected chi connectivity index (χ0v) is 16.4. The first kappa shape index (κ1) is 18.6. The van der Waals surface area contributed by atoms with Crippen LogP contribution in [-0.2, 0) is 6.42 Å². The molecule has 2 heterocycles. The molecule has 7 heteroatoms. The minimum Gasteiger partial charge on any atom is -0.343 e. The molecule has 1 amide bonds. The van der Waals surface area contributed by atoms with E-state index in [4.69, 9.17) is 0 Å². The van der Waals surface area contributed by atoms with Crippen LogP contribution in [0.4, 0.5) is 9.52 Å². The molecule has 1 fully saturated rings. The number of piperazine rings is 1. The monoisotopic (exact) mass is 396 g/mol. The SMILES string of the molecule is CC1CN(c2nc(Cc3ccccc3)ns2)CCN1C(=O)c1ccccc1F. The summed E-state index contributed by atoms with van der Waals surface area (Å²) >= 11 is 1.39. The van der Waals surface area contributed by atoms with Gasteiger partial charge in [0.05, 0.1) is 5.56 Å². The summed E-state index contributed by atoms with van der Waals surface area (Å²) < 4.78 is 18.5. The number of anilines is 1. The van der Waals surface area contributed by atoms with Crippen LogP contribution < -0.4 is 4.90 Å². The molecular weight excluding hydrogens is 375 g/mol. The third kappa shape index (κ3) is 3.89. The van der Waals surface area contributed by atoms with Gasteiger partial charge in [-0.1, -0.05) is 42.5 Å². The third-order valence-corrected chi connectivity index (χ3v) is 5.74. The van der Waals surface area contributed by atoms with Crippen LogP contribution >= 0.6 is 11.5 Å². The molecule has 1 aromatic heterocycles. The lowest BCUT2D eigenvalue weighted by atomic mass is 10.1. The Balaban J connectivity index is 1.42. The molecular formula is C21H21FN4OS. The second kappa shape index (κ2) is 8.06. The largest absolute Gasteiger partial charge is 0.343 e. The van der Waals surface area contributed by atoms with Gasteiger partial charge < -0.3 is 9.80 Å². The second-order valence-corrected chi connectivity index (χ2v) is 7.66. The smallest absolute Gasteiger partial charge is 0.257 e. The molecule has 2 aromatic carbocycles. The molecule has 0 aliphatic carbocycles. The molecule has 1 unspecified atom stereocenters. The maximum Gasteiger partial charge on any atom is 0.257 e. The summed E-state index contributed by atoms with van der Waals surface area (Å²) in [5.74, 6) is 0.0767. The summed E-state index contributed by atoms with van der Waals surface area (Å²) in [4.78, 5) is 21.3. The fraction of sp³-hybridized carbons (Fsp3) is 0.286. The Morgan fingerprint density at radius 1 is 1.14 bits per heavy atom. The highest BCUT2D eigenvalue weighted by Crippen LogP contribution is 2.23. The normalized spacial score (nSPS) is 17.0. The minimum atomic E-state index is -0.475. The van der Waals surface area contributed by atoms with Crippen molar-refractivity contribution in [2.24, 2.45) is 0 Å². The van der Waals surface area contributed by atoms with Crippen LogP contribution in [0.25, 0.3) is 0 Å². The number of hydrogen-bond acceptors (Lipinski definition) is 5. The van der Waals surface area contributed by atoms with Gasteiger partial charge in [-0.2, -0.15) is 4.37 Å². The van der Waals surface area contributed by atoms with Crippen molar-refractivity contribution in [2.45, 2.75) is 19.4 Å². The van der Waals surface area contributed by atoms with Crippen molar-refractivity contribution >= 4 is 22.6 Å². The zero-order valence-electron chi connectivity index (χ0n) is 15.6. The Kier molecular flexibility index (Phi) is 5.34. The molecule has 0 spiro atoms. The Morgan fingerprint density at radius 2 is 1.89 bits per heavy atom. The van der Waals surface area contributed by atoms with E-state index in [-0.39, 0.29) is 17.5 Å². The number of nitrogens with zero attached hydrogens (tertiary/aromatic N) is 4. The van der Waals surface area contributed by atoms with E-state index in [2.05, 4.69) is 26.4 Å². The Bertz CT molecular complexity index is 962. The maximum atomic E-state index is 14.0. The molecule has 1 saturated heterocycles. The number of amides is 1. The molecule has 28 heavy (non-hydrogen) atoms. The summed E-state index contributed by atoms with van der Waals surface area (Å²) in [7, 11) is 0. The molecule has 0 N–H and O–H groups in total. The van der Waals surface area contributed by atoms with E-state index in [9.17, 15) is 9.18 Å². The van der Waals surface area contributed by atoms with Crippen LogP contribution in [0.15, 0.2) is 54.6 Å². The van der Waals surface area contributed by atoms with Crippen molar-refractivity contribution in [3.8, 4) is 0 Å². The van der Waals surface area contributed by atoms with Crippen molar-refractivity contribution in [2.75, 3.05) is 24.5 Å². The van der Waals surface area contributed by atoms with Gasteiger partial charge in [0, 0.05) is 43.6 Å². The van der Waals surface area contributed by atoms with Crippen LogP contribution in [0.5, 0.6) is 0 Å². The highest BCUT2D eigenvalue weighted by Gasteiger charge is 2.30. The van der Waals surface area contributed by atoms with Crippen LogP contribution in [0.2, 0.25) is 0 Å². The molecule has 1 aliphatic rings. The van der Waals surface area contributed by atoms with Gasteiger partial charge in [0.1, 0.15) is 11.6 Å². The predicted octanol–water partition coefficient (Wildman–Crippen LogP) is 3.62. The summed E-state index contributed by atoms with van der Waals surface area (Å²) in [5, 5.41) is 0.871. The highest BCUT2D eigenvalue weighted by atomic mass is 32.1. The second-order valence-electron chi connectivity index (χ2n) is 6.93. The van der Waals surface area contributed by atoms with Crippen LogP contribution in [-0.4, -0.2) is 45.8 Å². The number of rotatable bonds is 4. The van der Waals surface area contributed by atoms with E-state index in [1.807, 2.05) is 25.1 Å². The number of hydrogen-bond donors (Lipinski definition) is 0. The first-order chi connectivity index (χ1) is 13.6. The van der Waals surface area contributed by atoms with E-state index in [0.717, 1.165) is 11.0 Å². The average molecular weight is 396 g/mol. The molecule has 4 rings (SSSR count). The molecule has 0 bridgehead atoms. The first-order valence-electron chi connectivity index (χ1n) is 9.29. The van der Waals surface area contributed by atoms with Crippen molar-refractivity contribution < 1.29 is 9.18 Å². The van der Waals surface area contributed by atoms with Gasteiger partial charge in [-0.05, 0) is 24.6 Å². The Morgan fingerprint density at radius 3 is 2.64 bits per heavy atom. The molecule has 3 aromatic rings. The van der Waals surface area contributed by atoms with E-state index >= 15 is 0 Å². The number of halogens is 1. The number of aromatic nitrogens is 2. The van der Waals surface area contributed by atoms with Gasteiger partial charge in [0.2, 0.25) is 5.13 Å². The molecule has 5 nitrogen and oxygen atoms in total. The minimum absolute atomic E-state index is 0.0395. The summed E-state index contributed by atoms with van der Waals surface area (Å²) in [6, 6.07) is 16.2. The van der Waals surface area contributed by atoms with Gasteiger partial charge in [0.25, 0.3) is 5.91 Å². The Hall–Kier alpha value is -2.80. The van der Waals surface area contributed by atoms with E-state index in [0.29, 0.717) is 26.1 Å². The standard InChI is InChI=1S/C21H21FN4OS/c1-15-14-25(11-12-26(15)20(27)17-9-5-6-10-18(17)22)21-23-19(24-28-21)13-16-7-3-2-4-8-16/h2-10,15H,11-14H2,1H3. The topological polar surface area (TPSA) is 49.3 Å². The lowest BCUT2D eigenvalue weighted by Gasteiger charge is -2.39. The lowest BCUT2D eigenvalue weighted by Crippen LogP contribution is -2.54. The van der Waals surface area contributed by atoms with E-state index < -0.39 is 5.82 Å². The molecule has 0 radical (unpaired) electrons. The quantitative estimate of drug-likeness (QED) is 0.676. The first-order valence-corrected chi connectivity index (χ1v) is 10.1. The maximum absolute atomic E-state index is 14.0. The molecule has 1 atom stereocenters. The summed E-state index contributed by atoms with van der Waals surface area (Å²) in [6.45, 7) is 3.82. The van der Waals surface area contributed by atoms with Crippen LogP contribution in [0.1, 0.15) is 28.7 Å². The van der Waals surface area contributed by atoms with E-state index in [1.165, 1.54) is 29.2 Å². The summed E-state index contributed by atoms with van der Waals surface area (Å²) in [6.07, 6.45) is 0.707. The lowest BCUT2D eigenvalue weighted by molar-refractivity contribution is 0.0669. The van der Waals surface area contributed by atoms with Gasteiger partial charge >= 0.3 is 0 Å². The summed E-state index contributed by atoms with van der Waals surface area (Å²) in [5.41, 5.74) is 1.31. The number of carbonyl (C=O) groups is 1. The third-order valence-electron chi connectivity index (χ3n) is 4.93. The van der Waals surface area contributed by atoms with E-state index in [1.54, 1.807) is 17.0 Å². The van der Waals surface area contributed by atoms with Gasteiger partial charge in [0.15, 0.2) is 0 Å². The van der Waals surface area contributed by atoms with Crippen LogP contribution in [0, 0.1) is 5.82 Å². The van der Waals surface area contributed by atoms with Gasteiger partial charge in [-0.25, -0.2) is 9.37 Å². The van der Waals surface area contributed by atoms with Crippen molar-refractivity contribution in [3.05, 3.63) is 77.4 Å². The van der Waals surface area contributed by atoms with Crippen molar-refractivity contribution in [1.29, 1.82) is 0 Å². The van der Waals surface area contributed by atoms with Crippen LogP contribution in [0.3, 0.4) is 0 Å². The molecule has 144 valence electrons. The highest BCUT2D eigenvalue weighted by molar-refractivity contribution is 7.09. The molecule has 1 aliphatic heterocycles. The zero-order chi connectivity index (χ0) is 19.5. The predicted molar refractivity (Wildman–Crippen MR) is 108 cm³/mol.